The van der Waals surface area contributed by atoms with Crippen LogP contribution in [-0.4, -0.2) is 32.2 Å². The van der Waals surface area contributed by atoms with Crippen molar-refractivity contribution >= 4 is 52.0 Å². The van der Waals surface area contributed by atoms with Crippen molar-refractivity contribution in [1.82, 2.24) is 5.32 Å². The molecule has 32 heavy (non-hydrogen) atoms. The van der Waals surface area contributed by atoms with Gasteiger partial charge < -0.3 is 11.1 Å². The van der Waals surface area contributed by atoms with Crippen molar-refractivity contribution in [1.29, 1.82) is 0 Å². The number of primary amides is 1. The largest absolute Gasteiger partial charge is 0.369 e. The lowest BCUT2D eigenvalue weighted by Gasteiger charge is -2.59. The SMILES string of the molecule is NC(=O)C12CC3CC(C1)C(NC(=O)C1(N(c4ccc(Cl)cc4Cl)S(=O)O)CCC1)C(C3)C2. The summed E-state index contributed by atoms with van der Waals surface area (Å²) >= 11 is 9.90. The van der Waals surface area contributed by atoms with E-state index in [2.05, 4.69) is 5.32 Å². The third-order valence-corrected chi connectivity index (χ3v) is 9.77. The lowest BCUT2D eigenvalue weighted by molar-refractivity contribution is -0.148. The topological polar surface area (TPSA) is 113 Å². The van der Waals surface area contributed by atoms with Gasteiger partial charge in [-0.25, -0.2) is 4.21 Å². The maximum Gasteiger partial charge on any atom is 0.262 e. The van der Waals surface area contributed by atoms with Gasteiger partial charge in [0.05, 0.1) is 10.7 Å². The highest BCUT2D eigenvalue weighted by Crippen LogP contribution is 2.60. The van der Waals surface area contributed by atoms with E-state index in [1.54, 1.807) is 12.1 Å². The van der Waals surface area contributed by atoms with Gasteiger partial charge in [-0.2, -0.15) is 0 Å². The van der Waals surface area contributed by atoms with E-state index >= 15 is 0 Å². The summed E-state index contributed by atoms with van der Waals surface area (Å²) in [5.41, 5.74) is 4.52. The number of carbonyl (C=O) groups is 2. The van der Waals surface area contributed by atoms with Gasteiger partial charge in [-0.05, 0) is 87.3 Å². The van der Waals surface area contributed by atoms with E-state index in [1.807, 2.05) is 0 Å². The average molecular weight is 500 g/mol. The van der Waals surface area contributed by atoms with Crippen LogP contribution in [0.2, 0.25) is 10.0 Å². The summed E-state index contributed by atoms with van der Waals surface area (Å²) in [7, 11) is 0. The summed E-state index contributed by atoms with van der Waals surface area (Å²) in [5, 5.41) is 3.88. The van der Waals surface area contributed by atoms with Gasteiger partial charge in [0.2, 0.25) is 11.8 Å². The molecule has 4 N–H and O–H groups in total. The minimum absolute atomic E-state index is 0.0429. The number of nitrogens with one attached hydrogen (secondary N) is 1. The molecule has 0 radical (unpaired) electrons. The van der Waals surface area contributed by atoms with Crippen molar-refractivity contribution < 1.29 is 18.4 Å². The minimum Gasteiger partial charge on any atom is -0.369 e. The summed E-state index contributed by atoms with van der Waals surface area (Å²) in [5.74, 6) is 0.448. The molecule has 5 aliphatic carbocycles. The number of nitrogens with zero attached hydrogens (tertiary/aromatic N) is 1. The first-order valence-corrected chi connectivity index (χ1v) is 12.9. The van der Waals surface area contributed by atoms with Crippen LogP contribution < -0.4 is 15.4 Å². The molecule has 6 rings (SSSR count). The van der Waals surface area contributed by atoms with E-state index in [-0.39, 0.29) is 34.7 Å². The first kappa shape index (κ1) is 22.4. The van der Waals surface area contributed by atoms with Crippen molar-refractivity contribution in [2.24, 2.45) is 28.9 Å². The lowest BCUT2D eigenvalue weighted by Crippen LogP contribution is -2.68. The van der Waals surface area contributed by atoms with E-state index < -0.39 is 22.2 Å². The number of rotatable bonds is 6. The molecular formula is C22H27Cl2N3O4S. The first-order valence-electron chi connectivity index (χ1n) is 11.1. The molecule has 0 spiro atoms. The standard InChI is InChI=1S/C22H27Cl2N3O4S/c23-15-2-3-17(16(24)8-15)27(32(30)31)22(4-1-5-22)20(29)26-18-13-6-12-7-14(18)11-21(9-12,10-13)19(25)28/h2-3,8,12-14,18H,1,4-7,9-11H2,(H2,25,28)(H,26,29)(H,30,31). The Balaban J connectivity index is 1.42. The fourth-order valence-corrected chi connectivity index (χ4v) is 8.43. The first-order chi connectivity index (χ1) is 15.1. The Morgan fingerprint density at radius 3 is 2.31 bits per heavy atom. The molecule has 174 valence electrons. The second-order valence-electron chi connectivity index (χ2n) is 10.1. The van der Waals surface area contributed by atoms with Crippen LogP contribution in [0.3, 0.4) is 0 Å². The van der Waals surface area contributed by atoms with Crippen LogP contribution in [0, 0.1) is 23.2 Å². The van der Waals surface area contributed by atoms with Gasteiger partial charge in [-0.3, -0.25) is 18.4 Å². The van der Waals surface area contributed by atoms with E-state index in [4.69, 9.17) is 28.9 Å². The zero-order valence-corrected chi connectivity index (χ0v) is 19.9. The molecule has 0 aromatic heterocycles. The van der Waals surface area contributed by atoms with E-state index in [0.29, 0.717) is 42.3 Å². The molecule has 1 aromatic rings. The van der Waals surface area contributed by atoms with E-state index in [0.717, 1.165) is 25.7 Å². The summed E-state index contributed by atoms with van der Waals surface area (Å²) in [4.78, 5) is 25.9. The maximum absolute atomic E-state index is 13.7. The summed E-state index contributed by atoms with van der Waals surface area (Å²) in [6.45, 7) is 0. The van der Waals surface area contributed by atoms with Gasteiger partial charge in [-0.15, -0.1) is 0 Å². The molecule has 1 aromatic carbocycles. The number of hydrogen-bond donors (Lipinski definition) is 3. The Kier molecular flexibility index (Phi) is 5.51. The highest BCUT2D eigenvalue weighted by Gasteiger charge is 2.60. The van der Waals surface area contributed by atoms with Gasteiger partial charge in [0, 0.05) is 16.5 Å². The molecule has 0 saturated heterocycles. The van der Waals surface area contributed by atoms with Gasteiger partial charge in [0.1, 0.15) is 5.54 Å². The van der Waals surface area contributed by atoms with Crippen molar-refractivity contribution in [2.75, 3.05) is 4.31 Å². The Morgan fingerprint density at radius 2 is 1.81 bits per heavy atom. The number of halogens is 2. The van der Waals surface area contributed by atoms with Crippen LogP contribution in [0.25, 0.3) is 0 Å². The minimum atomic E-state index is -2.45. The monoisotopic (exact) mass is 499 g/mol. The summed E-state index contributed by atoms with van der Waals surface area (Å²) in [6, 6.07) is 4.63. The van der Waals surface area contributed by atoms with Gasteiger partial charge >= 0.3 is 0 Å². The van der Waals surface area contributed by atoms with Crippen molar-refractivity contribution in [3.05, 3.63) is 28.2 Å². The fraction of sp³-hybridized carbons (Fsp3) is 0.636. The molecule has 5 saturated carbocycles. The molecular weight excluding hydrogens is 473 g/mol. The van der Waals surface area contributed by atoms with E-state index in [9.17, 15) is 18.4 Å². The van der Waals surface area contributed by atoms with Gasteiger partial charge in [-0.1, -0.05) is 23.2 Å². The molecule has 0 heterocycles. The number of carbonyl (C=O) groups excluding carboxylic acids is 2. The maximum atomic E-state index is 13.7. The lowest BCUT2D eigenvalue weighted by atomic mass is 9.47. The van der Waals surface area contributed by atoms with Crippen LogP contribution in [0.5, 0.6) is 0 Å². The van der Waals surface area contributed by atoms with Gasteiger partial charge in [0.15, 0.2) is 0 Å². The zero-order valence-electron chi connectivity index (χ0n) is 17.6. The van der Waals surface area contributed by atoms with Crippen LogP contribution in [0.4, 0.5) is 5.69 Å². The third kappa shape index (κ3) is 3.37. The number of amides is 2. The molecule has 4 bridgehead atoms. The highest BCUT2D eigenvalue weighted by molar-refractivity contribution is 7.80. The van der Waals surface area contributed by atoms with Crippen LogP contribution in [0.15, 0.2) is 18.2 Å². The molecule has 10 heteroatoms. The molecule has 5 aliphatic rings. The quantitative estimate of drug-likeness (QED) is 0.518. The Morgan fingerprint density at radius 1 is 1.16 bits per heavy atom. The second kappa shape index (κ2) is 7.86. The number of anilines is 1. The van der Waals surface area contributed by atoms with Crippen LogP contribution in [0.1, 0.15) is 51.4 Å². The van der Waals surface area contributed by atoms with Gasteiger partial charge in [0.25, 0.3) is 11.3 Å². The Labute approximate surface area is 199 Å². The third-order valence-electron chi connectivity index (χ3n) is 8.37. The normalized spacial score (nSPS) is 35.1. The summed E-state index contributed by atoms with van der Waals surface area (Å²) < 4.78 is 23.9. The smallest absolute Gasteiger partial charge is 0.262 e. The molecule has 7 nitrogen and oxygen atoms in total. The molecule has 3 unspecified atom stereocenters. The summed E-state index contributed by atoms with van der Waals surface area (Å²) in [6.07, 6.45) is 5.96. The molecule has 0 aliphatic heterocycles. The number of nitrogens with two attached hydrogens (primary N) is 1. The molecule has 2 amide bonds. The van der Waals surface area contributed by atoms with Crippen molar-refractivity contribution in [3.8, 4) is 0 Å². The number of benzene rings is 1. The van der Waals surface area contributed by atoms with Crippen LogP contribution >= 0.6 is 23.2 Å². The average Bonchev–Trinajstić information content (AvgIpc) is 2.67. The second-order valence-corrected chi connectivity index (χ2v) is 11.8. The molecule has 5 fully saturated rings. The highest BCUT2D eigenvalue weighted by atomic mass is 35.5. The van der Waals surface area contributed by atoms with Crippen LogP contribution in [-0.2, 0) is 20.9 Å². The van der Waals surface area contributed by atoms with Crippen molar-refractivity contribution in [2.45, 2.75) is 62.9 Å². The Hall–Kier alpha value is -1.35. The van der Waals surface area contributed by atoms with E-state index in [1.165, 1.54) is 10.4 Å². The van der Waals surface area contributed by atoms with Crippen molar-refractivity contribution in [3.63, 3.8) is 0 Å². The molecule has 3 atom stereocenters. The Bertz CT molecular complexity index is 985. The predicted octanol–water partition coefficient (Wildman–Crippen LogP) is 3.66. The number of hydrogen-bond acceptors (Lipinski definition) is 3. The fourth-order valence-electron chi connectivity index (χ4n) is 6.99. The zero-order chi connectivity index (χ0) is 22.8. The predicted molar refractivity (Wildman–Crippen MR) is 123 cm³/mol.